The van der Waals surface area contributed by atoms with Gasteiger partial charge in [-0.3, -0.25) is 0 Å². The summed E-state index contributed by atoms with van der Waals surface area (Å²) in [5, 5.41) is 0. The van der Waals surface area contributed by atoms with Crippen LogP contribution in [-0.4, -0.2) is 24.0 Å². The van der Waals surface area contributed by atoms with Gasteiger partial charge in [0.05, 0.1) is 0 Å². The standard InChI is InChI=1S/C22H20N2O2/c1-12(21-23-19-15-8-4-2-6-13(15)10-17(19)25-21)22-24-20-16-9-5-3-7-14(16)11-18(20)26-22/h2-9,12,17-20H,10-11H2,1H3. The van der Waals surface area contributed by atoms with E-state index in [0.29, 0.717) is 0 Å². The highest BCUT2D eigenvalue weighted by Gasteiger charge is 2.45. The summed E-state index contributed by atoms with van der Waals surface area (Å²) in [7, 11) is 0. The Morgan fingerprint density at radius 1 is 0.769 bits per heavy atom. The average molecular weight is 344 g/mol. The van der Waals surface area contributed by atoms with Crippen LogP contribution in [0, 0.1) is 5.92 Å². The smallest absolute Gasteiger partial charge is 0.196 e. The van der Waals surface area contributed by atoms with E-state index in [1.807, 2.05) is 0 Å². The van der Waals surface area contributed by atoms with E-state index < -0.39 is 0 Å². The molecule has 2 aromatic carbocycles. The summed E-state index contributed by atoms with van der Waals surface area (Å²) in [6, 6.07) is 17.3. The van der Waals surface area contributed by atoms with Gasteiger partial charge in [0.1, 0.15) is 30.2 Å². The van der Waals surface area contributed by atoms with E-state index in [2.05, 4.69) is 55.5 Å². The normalized spacial score (nSPS) is 31.1. The Bertz CT molecular complexity index is 887. The fraction of sp³-hybridized carbons (Fsp3) is 0.364. The number of aliphatic imine (C=N–C) groups is 2. The third-order valence-corrected chi connectivity index (χ3v) is 6.11. The molecule has 0 aromatic heterocycles. The Labute approximate surface area is 152 Å². The molecule has 0 saturated carbocycles. The molecule has 2 aliphatic carbocycles. The van der Waals surface area contributed by atoms with Crippen molar-refractivity contribution in [3.8, 4) is 0 Å². The first-order valence-corrected chi connectivity index (χ1v) is 9.42. The minimum absolute atomic E-state index is 0.0227. The molecule has 0 saturated heterocycles. The molecule has 0 fully saturated rings. The quantitative estimate of drug-likeness (QED) is 0.831. The Balaban J connectivity index is 1.28. The molecule has 0 amide bonds. The van der Waals surface area contributed by atoms with E-state index in [9.17, 15) is 0 Å². The van der Waals surface area contributed by atoms with Crippen LogP contribution in [0.5, 0.6) is 0 Å². The molecular weight excluding hydrogens is 324 g/mol. The molecule has 26 heavy (non-hydrogen) atoms. The number of rotatable bonds is 2. The minimum Gasteiger partial charge on any atom is -0.474 e. The van der Waals surface area contributed by atoms with Crippen molar-refractivity contribution in [2.24, 2.45) is 15.9 Å². The largest absolute Gasteiger partial charge is 0.474 e. The first kappa shape index (κ1) is 14.5. The predicted molar refractivity (Wildman–Crippen MR) is 99.6 cm³/mol. The fourth-order valence-corrected chi connectivity index (χ4v) is 4.77. The maximum absolute atomic E-state index is 6.22. The summed E-state index contributed by atoms with van der Waals surface area (Å²) in [6.45, 7) is 2.09. The van der Waals surface area contributed by atoms with Gasteiger partial charge >= 0.3 is 0 Å². The molecule has 4 nitrogen and oxygen atoms in total. The molecular formula is C22H20N2O2. The third kappa shape index (κ3) is 1.96. The van der Waals surface area contributed by atoms with Gasteiger partial charge in [-0.2, -0.15) is 0 Å². The molecule has 6 rings (SSSR count). The molecule has 4 heteroatoms. The van der Waals surface area contributed by atoms with Crippen LogP contribution in [-0.2, 0) is 22.3 Å². The van der Waals surface area contributed by atoms with Gasteiger partial charge in [0, 0.05) is 12.8 Å². The van der Waals surface area contributed by atoms with Crippen LogP contribution in [0.1, 0.15) is 41.3 Å². The van der Waals surface area contributed by atoms with Gasteiger partial charge in [-0.05, 0) is 29.2 Å². The van der Waals surface area contributed by atoms with Gasteiger partial charge in [0.25, 0.3) is 0 Å². The Morgan fingerprint density at radius 2 is 1.23 bits per heavy atom. The van der Waals surface area contributed by atoms with Crippen LogP contribution in [0.25, 0.3) is 0 Å². The highest BCUT2D eigenvalue weighted by molar-refractivity contribution is 6.01. The number of hydrogen-bond acceptors (Lipinski definition) is 4. The molecule has 0 bridgehead atoms. The summed E-state index contributed by atoms with van der Waals surface area (Å²) in [4.78, 5) is 9.82. The lowest BCUT2D eigenvalue weighted by Crippen LogP contribution is -2.26. The molecule has 0 radical (unpaired) electrons. The number of fused-ring (bicyclic) bond motifs is 6. The van der Waals surface area contributed by atoms with Crippen molar-refractivity contribution in [1.82, 2.24) is 0 Å². The number of benzene rings is 2. The second-order valence-electron chi connectivity index (χ2n) is 7.66. The number of ether oxygens (including phenoxy) is 2. The highest BCUT2D eigenvalue weighted by atomic mass is 16.5. The molecule has 2 aliphatic heterocycles. The van der Waals surface area contributed by atoms with Crippen molar-refractivity contribution < 1.29 is 9.47 Å². The van der Waals surface area contributed by atoms with Gasteiger partial charge in [-0.15, -0.1) is 0 Å². The zero-order valence-corrected chi connectivity index (χ0v) is 14.6. The summed E-state index contributed by atoms with van der Waals surface area (Å²) >= 11 is 0. The summed E-state index contributed by atoms with van der Waals surface area (Å²) in [5.41, 5.74) is 5.33. The summed E-state index contributed by atoms with van der Waals surface area (Å²) in [5.74, 6) is 1.54. The number of nitrogens with zero attached hydrogens (tertiary/aromatic N) is 2. The van der Waals surface area contributed by atoms with E-state index in [4.69, 9.17) is 19.5 Å². The van der Waals surface area contributed by atoms with Crippen LogP contribution >= 0.6 is 0 Å². The SMILES string of the molecule is CC(C1=NC2c3ccccc3CC2O1)C1=NC2c3ccccc3CC2O1. The number of hydrogen-bond donors (Lipinski definition) is 0. The predicted octanol–water partition coefficient (Wildman–Crippen LogP) is 3.81. The zero-order valence-electron chi connectivity index (χ0n) is 14.6. The van der Waals surface area contributed by atoms with Gasteiger partial charge in [0.15, 0.2) is 11.8 Å². The van der Waals surface area contributed by atoms with E-state index in [0.717, 1.165) is 24.6 Å². The van der Waals surface area contributed by atoms with E-state index in [1.165, 1.54) is 22.3 Å². The first-order valence-electron chi connectivity index (χ1n) is 9.42. The van der Waals surface area contributed by atoms with Crippen LogP contribution in [0.4, 0.5) is 0 Å². The average Bonchev–Trinajstić information content (AvgIpc) is 3.38. The molecule has 4 atom stereocenters. The highest BCUT2D eigenvalue weighted by Crippen LogP contribution is 2.43. The molecule has 4 aliphatic rings. The van der Waals surface area contributed by atoms with Crippen molar-refractivity contribution >= 4 is 11.8 Å². The third-order valence-electron chi connectivity index (χ3n) is 6.11. The monoisotopic (exact) mass is 344 g/mol. The Hall–Kier alpha value is -2.62. The van der Waals surface area contributed by atoms with Crippen LogP contribution < -0.4 is 0 Å². The lowest BCUT2D eigenvalue weighted by molar-refractivity contribution is 0.184. The maximum atomic E-state index is 6.22. The van der Waals surface area contributed by atoms with Crippen molar-refractivity contribution in [3.05, 3.63) is 70.8 Å². The molecule has 130 valence electrons. The van der Waals surface area contributed by atoms with Crippen molar-refractivity contribution in [2.45, 2.75) is 44.1 Å². The molecule has 2 aromatic rings. The van der Waals surface area contributed by atoms with E-state index >= 15 is 0 Å². The topological polar surface area (TPSA) is 43.2 Å². The molecule has 0 spiro atoms. The minimum atomic E-state index is -0.0227. The Kier molecular flexibility index (Phi) is 2.90. The molecule has 4 unspecified atom stereocenters. The second-order valence-corrected chi connectivity index (χ2v) is 7.66. The van der Waals surface area contributed by atoms with Gasteiger partial charge in [-0.25, -0.2) is 9.98 Å². The van der Waals surface area contributed by atoms with Gasteiger partial charge in [-0.1, -0.05) is 48.5 Å². The van der Waals surface area contributed by atoms with Crippen molar-refractivity contribution in [2.75, 3.05) is 0 Å². The second kappa shape index (κ2) is 5.19. The fourth-order valence-electron chi connectivity index (χ4n) is 4.77. The molecule has 0 N–H and O–H groups in total. The molecule has 2 heterocycles. The van der Waals surface area contributed by atoms with E-state index in [1.54, 1.807) is 0 Å². The zero-order chi connectivity index (χ0) is 17.3. The van der Waals surface area contributed by atoms with Crippen molar-refractivity contribution in [3.63, 3.8) is 0 Å². The van der Waals surface area contributed by atoms with Gasteiger partial charge in [0.2, 0.25) is 0 Å². The van der Waals surface area contributed by atoms with Crippen molar-refractivity contribution in [1.29, 1.82) is 0 Å². The van der Waals surface area contributed by atoms with Crippen LogP contribution in [0.3, 0.4) is 0 Å². The Morgan fingerprint density at radius 3 is 1.73 bits per heavy atom. The lowest BCUT2D eigenvalue weighted by atomic mass is 10.1. The van der Waals surface area contributed by atoms with E-state index in [-0.39, 0.29) is 30.2 Å². The van der Waals surface area contributed by atoms with Crippen LogP contribution in [0.15, 0.2) is 58.5 Å². The lowest BCUT2D eigenvalue weighted by Gasteiger charge is -2.15. The van der Waals surface area contributed by atoms with Crippen LogP contribution in [0.2, 0.25) is 0 Å². The summed E-state index contributed by atoms with van der Waals surface area (Å²) < 4.78 is 12.4. The first-order chi connectivity index (χ1) is 12.8. The maximum Gasteiger partial charge on any atom is 0.196 e. The van der Waals surface area contributed by atoms with Gasteiger partial charge < -0.3 is 9.47 Å². The summed E-state index contributed by atoms with van der Waals surface area (Å²) in [6.07, 6.45) is 2.14.